The topological polar surface area (TPSA) is 74.8 Å². The Morgan fingerprint density at radius 1 is 0.633 bits per heavy atom. The summed E-state index contributed by atoms with van der Waals surface area (Å²) in [6.45, 7) is 24.1. The molecule has 0 saturated heterocycles. The highest BCUT2D eigenvalue weighted by atomic mass is 35.5. The molecule has 8 bridgehead atoms. The van der Waals surface area contributed by atoms with Gasteiger partial charge in [0.2, 0.25) is 0 Å². The first-order chi connectivity index (χ1) is 29.0. The van der Waals surface area contributed by atoms with E-state index in [2.05, 4.69) is 94.0 Å². The maximum absolute atomic E-state index is 7.83. The average Bonchev–Trinajstić information content (AvgIpc) is 4.12. The first-order valence-electron chi connectivity index (χ1n) is 22.0. The number of nitrogens with one attached hydrogen (secondary N) is 2. The largest absolute Gasteiger partial charge is 0.493 e. The molecule has 4 aromatic rings. The molecule has 0 amide bonds. The number of nitrogens with zero attached hydrogens (tertiary/aromatic N) is 4. The summed E-state index contributed by atoms with van der Waals surface area (Å²) < 4.78 is 14.7. The third-order valence-electron chi connectivity index (χ3n) is 13.3. The van der Waals surface area contributed by atoms with Crippen LogP contribution in [0.1, 0.15) is 76.9 Å². The third-order valence-corrected chi connectivity index (χ3v) is 14.6. The number of benzene rings is 2. The molecule has 2 atom stereocenters. The van der Waals surface area contributed by atoms with Gasteiger partial charge >= 0.3 is 0 Å². The number of aromatic amines is 2. The maximum atomic E-state index is 7.83. The Labute approximate surface area is 366 Å². The Kier molecular flexibility index (Phi) is 13.5. The standard InChI is InChI=1S/C50H62Cl2N6O2/c1-7-57(8-2,9-3)31-13-33-59-43-22-15-37(16-23-43)48-45-26-19-39(53-45)35-41-21-28-47(55-41)50(52,49(51)30-29-42(56-49)36-40-20-27-46(48)54-40)38-17-24-44(25-18-38)60-34-14-32-58(10-4,11-5)12-6/h15-30,35-36,54-55H,7-14,31-34H2,1-6H3/q+2. The predicted molar refractivity (Wildman–Crippen MR) is 251 cm³/mol. The highest BCUT2D eigenvalue weighted by molar-refractivity contribution is 6.39. The van der Waals surface area contributed by atoms with Crippen molar-refractivity contribution in [3.63, 3.8) is 0 Å². The van der Waals surface area contributed by atoms with Gasteiger partial charge in [0.15, 0.2) is 9.87 Å². The summed E-state index contributed by atoms with van der Waals surface area (Å²) in [4.78, 5) is 14.8. The van der Waals surface area contributed by atoms with Gasteiger partial charge in [0.05, 0.1) is 82.7 Å². The van der Waals surface area contributed by atoms with Crippen molar-refractivity contribution in [2.45, 2.75) is 64.3 Å². The molecule has 2 N–H and O–H groups in total. The van der Waals surface area contributed by atoms with Crippen molar-refractivity contribution in [2.75, 3.05) is 65.6 Å². The number of H-pyrrole nitrogens is 2. The van der Waals surface area contributed by atoms with E-state index in [1.807, 2.05) is 66.8 Å². The molecule has 3 aliphatic heterocycles. The molecular formula is C50H62Cl2N6O2+2. The van der Waals surface area contributed by atoms with Gasteiger partial charge in [-0.3, -0.25) is 4.99 Å². The number of aromatic nitrogens is 2. The van der Waals surface area contributed by atoms with Gasteiger partial charge in [0, 0.05) is 40.5 Å². The maximum Gasteiger partial charge on any atom is 0.181 e. The van der Waals surface area contributed by atoms with E-state index in [9.17, 15) is 0 Å². The molecule has 0 spiro atoms. The minimum Gasteiger partial charge on any atom is -0.493 e. The van der Waals surface area contributed by atoms with E-state index in [0.717, 1.165) is 136 Å². The predicted octanol–water partition coefficient (Wildman–Crippen LogP) is 9.11. The molecule has 3 aliphatic rings. The lowest BCUT2D eigenvalue weighted by Gasteiger charge is -2.37. The zero-order chi connectivity index (χ0) is 42.4. The molecule has 0 aliphatic carbocycles. The number of alkyl halides is 2. The summed E-state index contributed by atoms with van der Waals surface area (Å²) in [5.74, 6) is 1.66. The lowest BCUT2D eigenvalue weighted by atomic mass is 9.87. The number of hydrogen-bond donors (Lipinski definition) is 2. The molecule has 0 radical (unpaired) electrons. The molecule has 7 rings (SSSR count). The second-order valence-corrected chi connectivity index (χ2v) is 17.4. The average molecular weight is 850 g/mol. The Morgan fingerprint density at radius 2 is 1.23 bits per heavy atom. The summed E-state index contributed by atoms with van der Waals surface area (Å²) >= 11 is 15.4. The quantitative estimate of drug-likeness (QED) is 0.0454. The van der Waals surface area contributed by atoms with Crippen LogP contribution in [-0.4, -0.2) is 101 Å². The molecule has 10 heteroatoms. The summed E-state index contributed by atoms with van der Waals surface area (Å²) in [6, 6.07) is 24.5. The van der Waals surface area contributed by atoms with Crippen LogP contribution >= 0.6 is 23.2 Å². The van der Waals surface area contributed by atoms with Crippen molar-refractivity contribution in [1.82, 2.24) is 9.97 Å². The molecule has 0 fully saturated rings. The Balaban J connectivity index is 1.18. The fraction of sp³-hybridized carbons (Fsp3) is 0.400. The number of rotatable bonds is 18. The van der Waals surface area contributed by atoms with Crippen molar-refractivity contribution >= 4 is 52.4 Å². The number of halogens is 2. The van der Waals surface area contributed by atoms with Crippen LogP contribution in [0.15, 0.2) is 113 Å². The second-order valence-electron chi connectivity index (χ2n) is 16.3. The number of allylic oxidation sites excluding steroid dienone is 3. The van der Waals surface area contributed by atoms with Crippen molar-refractivity contribution in [1.29, 1.82) is 0 Å². The Hall–Kier alpha value is -4.60. The summed E-state index contributed by atoms with van der Waals surface area (Å²) in [5, 5.41) is 1.82. The van der Waals surface area contributed by atoms with E-state index >= 15 is 0 Å². The van der Waals surface area contributed by atoms with Gasteiger partial charge in [-0.1, -0.05) is 35.9 Å². The highest BCUT2D eigenvalue weighted by Gasteiger charge is 2.53. The van der Waals surface area contributed by atoms with Crippen LogP contribution < -0.4 is 20.2 Å². The smallest absolute Gasteiger partial charge is 0.181 e. The number of hydrogen-bond acceptors (Lipinski definition) is 4. The van der Waals surface area contributed by atoms with Crippen LogP contribution in [0.25, 0.3) is 17.7 Å². The Morgan fingerprint density at radius 3 is 1.83 bits per heavy atom. The molecule has 8 nitrogen and oxygen atoms in total. The van der Waals surface area contributed by atoms with Crippen LogP contribution in [0, 0.1) is 0 Å². The number of aliphatic imine (C=N–C) groups is 2. The van der Waals surface area contributed by atoms with Crippen molar-refractivity contribution in [2.24, 2.45) is 9.98 Å². The van der Waals surface area contributed by atoms with Gasteiger partial charge in [-0.25, -0.2) is 4.99 Å². The van der Waals surface area contributed by atoms with Gasteiger partial charge in [0.1, 0.15) is 11.5 Å². The molecular weight excluding hydrogens is 787 g/mol. The van der Waals surface area contributed by atoms with Crippen molar-refractivity contribution in [3.05, 3.63) is 136 Å². The first kappa shape index (κ1) is 43.5. The van der Waals surface area contributed by atoms with Crippen LogP contribution in [0.4, 0.5) is 0 Å². The molecule has 2 aromatic heterocycles. The number of ether oxygens (including phenoxy) is 2. The number of fused-ring (bicyclic) bond motifs is 6. The zero-order valence-corrected chi connectivity index (χ0v) is 37.8. The van der Waals surface area contributed by atoms with Crippen LogP contribution in [-0.2, 0) is 4.87 Å². The van der Waals surface area contributed by atoms with Crippen LogP contribution in [0.5, 0.6) is 11.5 Å². The van der Waals surface area contributed by atoms with E-state index in [1.54, 1.807) is 0 Å². The number of quaternary nitrogens is 2. The molecule has 316 valence electrons. The van der Waals surface area contributed by atoms with Gasteiger partial charge in [-0.2, -0.15) is 0 Å². The minimum absolute atomic E-state index is 0.656. The SMILES string of the molecule is CC[N+](CC)(CC)CCCOc1ccc(C2=c3ccc([nH]3)=CC3=NC(Cl)(C=C3)C(Cl)(c3ccc(OCCC[N+](CC)(CC)CC)cc3)c3ccc([nH]3)C=C3C=CC2=N3)cc1. The van der Waals surface area contributed by atoms with Crippen LogP contribution in [0.2, 0.25) is 0 Å². The summed E-state index contributed by atoms with van der Waals surface area (Å²) in [6.07, 6.45) is 14.0. The molecule has 2 unspecified atom stereocenters. The van der Waals surface area contributed by atoms with Gasteiger partial charge in [-0.15, -0.1) is 11.6 Å². The van der Waals surface area contributed by atoms with E-state index in [4.69, 9.17) is 42.7 Å². The second kappa shape index (κ2) is 18.6. The lowest BCUT2D eigenvalue weighted by molar-refractivity contribution is -0.923. The van der Waals surface area contributed by atoms with Crippen molar-refractivity contribution < 1.29 is 18.4 Å². The van der Waals surface area contributed by atoms with E-state index in [1.165, 1.54) is 0 Å². The summed E-state index contributed by atoms with van der Waals surface area (Å²) in [5.41, 5.74) is 6.79. The molecule has 5 heterocycles. The summed E-state index contributed by atoms with van der Waals surface area (Å²) in [7, 11) is 0. The Bertz CT molecular complexity index is 2380. The van der Waals surface area contributed by atoms with Crippen LogP contribution in [0.3, 0.4) is 0 Å². The van der Waals surface area contributed by atoms with Gasteiger partial charge in [-0.05, 0) is 138 Å². The highest BCUT2D eigenvalue weighted by Crippen LogP contribution is 2.52. The molecule has 0 saturated carbocycles. The fourth-order valence-corrected chi connectivity index (χ4v) is 9.66. The van der Waals surface area contributed by atoms with Gasteiger partial charge in [0.25, 0.3) is 0 Å². The normalized spacial score (nSPS) is 19.9. The fourth-order valence-electron chi connectivity index (χ4n) is 8.94. The zero-order valence-electron chi connectivity index (χ0n) is 36.2. The van der Waals surface area contributed by atoms with E-state index in [0.29, 0.717) is 18.9 Å². The van der Waals surface area contributed by atoms with E-state index < -0.39 is 9.87 Å². The monoisotopic (exact) mass is 848 g/mol. The molecule has 2 aromatic carbocycles. The first-order valence-corrected chi connectivity index (χ1v) is 22.7. The molecule has 60 heavy (non-hydrogen) atoms. The third kappa shape index (κ3) is 8.89. The van der Waals surface area contributed by atoms with E-state index in [-0.39, 0.29) is 0 Å². The van der Waals surface area contributed by atoms with Gasteiger partial charge < -0.3 is 28.4 Å². The lowest BCUT2D eigenvalue weighted by Crippen LogP contribution is -2.48. The van der Waals surface area contributed by atoms with Crippen molar-refractivity contribution in [3.8, 4) is 11.5 Å². The minimum atomic E-state index is -1.34.